The quantitative estimate of drug-likeness (QED) is 0.501. The molecule has 0 fully saturated rings. The van der Waals surface area contributed by atoms with E-state index in [4.69, 9.17) is 9.15 Å². The van der Waals surface area contributed by atoms with Gasteiger partial charge in [-0.15, -0.1) is 0 Å². The molecule has 21 heavy (non-hydrogen) atoms. The van der Waals surface area contributed by atoms with E-state index in [0.717, 1.165) is 5.69 Å². The third-order valence-corrected chi connectivity index (χ3v) is 2.64. The van der Waals surface area contributed by atoms with Crippen LogP contribution in [0.5, 0.6) is 0 Å². The molecule has 1 aromatic heterocycles. The maximum atomic E-state index is 11.6. The van der Waals surface area contributed by atoms with Crippen molar-refractivity contribution >= 4 is 17.4 Å². The Hall–Kier alpha value is -2.82. The van der Waals surface area contributed by atoms with Crippen molar-refractivity contribution in [1.82, 2.24) is 0 Å². The molecule has 2 aromatic rings. The third kappa shape index (κ3) is 4.07. The minimum Gasteiger partial charge on any atom is -0.462 e. The fourth-order valence-electron chi connectivity index (χ4n) is 1.63. The average molecular weight is 285 g/mol. The number of carbonyl (C=O) groups excluding carboxylic acids is 2. The number of esters is 1. The van der Waals surface area contributed by atoms with Crippen LogP contribution in [0.3, 0.4) is 0 Å². The average Bonchev–Trinajstić information content (AvgIpc) is 3.02. The van der Waals surface area contributed by atoms with Crippen LogP contribution in [0.1, 0.15) is 27.8 Å². The highest BCUT2D eigenvalue weighted by atomic mass is 16.5. The second kappa shape index (κ2) is 7.09. The molecule has 108 valence electrons. The van der Waals surface area contributed by atoms with Gasteiger partial charge < -0.3 is 14.5 Å². The lowest BCUT2D eigenvalue weighted by Gasteiger charge is -2.03. The highest BCUT2D eigenvalue weighted by Gasteiger charge is 2.05. The van der Waals surface area contributed by atoms with Gasteiger partial charge in [0.05, 0.1) is 18.4 Å². The molecule has 0 saturated carbocycles. The molecule has 0 bridgehead atoms. The second-order valence-corrected chi connectivity index (χ2v) is 4.12. The summed E-state index contributed by atoms with van der Waals surface area (Å²) in [6.07, 6.45) is 4.34. The fraction of sp³-hybridized carbons (Fsp3) is 0.125. The Morgan fingerprint density at radius 1 is 1.24 bits per heavy atom. The zero-order chi connectivity index (χ0) is 15.1. The van der Waals surface area contributed by atoms with Gasteiger partial charge in [0, 0.05) is 18.0 Å². The highest BCUT2D eigenvalue weighted by molar-refractivity contribution is 6.02. The first-order valence-corrected chi connectivity index (χ1v) is 6.49. The van der Waals surface area contributed by atoms with Gasteiger partial charge in [-0.3, -0.25) is 4.79 Å². The maximum Gasteiger partial charge on any atom is 0.338 e. The van der Waals surface area contributed by atoms with Crippen molar-refractivity contribution in [2.24, 2.45) is 0 Å². The van der Waals surface area contributed by atoms with Crippen LogP contribution in [0.25, 0.3) is 0 Å². The Labute approximate surface area is 122 Å². The van der Waals surface area contributed by atoms with Gasteiger partial charge in [-0.25, -0.2) is 4.79 Å². The first-order valence-electron chi connectivity index (χ1n) is 6.49. The molecule has 0 aliphatic rings. The molecule has 0 spiro atoms. The number of anilines is 1. The summed E-state index contributed by atoms with van der Waals surface area (Å²) in [7, 11) is 0. The molecule has 0 saturated heterocycles. The summed E-state index contributed by atoms with van der Waals surface area (Å²) in [4.78, 5) is 23.1. The van der Waals surface area contributed by atoms with Crippen LogP contribution in [-0.4, -0.2) is 18.4 Å². The van der Waals surface area contributed by atoms with E-state index in [1.807, 2.05) is 0 Å². The van der Waals surface area contributed by atoms with Crippen molar-refractivity contribution in [3.63, 3.8) is 0 Å². The number of carbonyl (C=O) groups is 2. The first kappa shape index (κ1) is 14.6. The van der Waals surface area contributed by atoms with Crippen molar-refractivity contribution in [2.45, 2.75) is 6.92 Å². The number of nitrogens with one attached hydrogen (secondary N) is 1. The molecule has 5 nitrogen and oxygen atoms in total. The second-order valence-electron chi connectivity index (χ2n) is 4.12. The van der Waals surface area contributed by atoms with Crippen molar-refractivity contribution < 1.29 is 18.7 Å². The monoisotopic (exact) mass is 285 g/mol. The van der Waals surface area contributed by atoms with Gasteiger partial charge in [0.2, 0.25) is 5.78 Å². The Morgan fingerprint density at radius 3 is 2.62 bits per heavy atom. The van der Waals surface area contributed by atoms with Crippen LogP contribution in [0.15, 0.2) is 59.4 Å². The van der Waals surface area contributed by atoms with Gasteiger partial charge in [-0.05, 0) is 43.3 Å². The molecule has 0 aliphatic heterocycles. The summed E-state index contributed by atoms with van der Waals surface area (Å²) in [6, 6.07) is 10.0. The molecular formula is C16H15NO4. The topological polar surface area (TPSA) is 68.5 Å². The smallest absolute Gasteiger partial charge is 0.338 e. The fourth-order valence-corrected chi connectivity index (χ4v) is 1.63. The molecule has 0 aliphatic carbocycles. The van der Waals surface area contributed by atoms with E-state index >= 15 is 0 Å². The molecule has 1 aromatic carbocycles. The number of ketones is 1. The molecule has 0 unspecified atom stereocenters. The van der Waals surface area contributed by atoms with Crippen molar-refractivity contribution in [3.8, 4) is 0 Å². The van der Waals surface area contributed by atoms with Crippen molar-refractivity contribution in [1.29, 1.82) is 0 Å². The van der Waals surface area contributed by atoms with Crippen molar-refractivity contribution in [2.75, 3.05) is 11.9 Å². The Morgan fingerprint density at radius 2 is 2.00 bits per heavy atom. The van der Waals surface area contributed by atoms with E-state index in [2.05, 4.69) is 5.32 Å². The van der Waals surface area contributed by atoms with Crippen LogP contribution in [0.2, 0.25) is 0 Å². The van der Waals surface area contributed by atoms with Gasteiger partial charge in [0.15, 0.2) is 5.76 Å². The maximum absolute atomic E-state index is 11.6. The number of furan rings is 1. The minimum atomic E-state index is -0.354. The molecule has 0 atom stereocenters. The lowest BCUT2D eigenvalue weighted by Crippen LogP contribution is -2.04. The van der Waals surface area contributed by atoms with Crippen LogP contribution in [-0.2, 0) is 4.74 Å². The van der Waals surface area contributed by atoms with Gasteiger partial charge in [-0.1, -0.05) is 0 Å². The molecule has 1 N–H and O–H groups in total. The number of hydrogen-bond acceptors (Lipinski definition) is 5. The summed E-state index contributed by atoms with van der Waals surface area (Å²) in [6.45, 7) is 2.10. The van der Waals surface area contributed by atoms with E-state index in [-0.39, 0.29) is 17.5 Å². The van der Waals surface area contributed by atoms with Crippen LogP contribution >= 0.6 is 0 Å². The standard InChI is InChI=1S/C16H15NO4/c1-2-20-16(19)12-5-7-13(8-6-12)17-10-9-14(18)15-4-3-11-21-15/h3-11,17H,2H2,1H3. The number of hydrogen-bond donors (Lipinski definition) is 1. The minimum absolute atomic E-state index is 0.226. The molecule has 1 heterocycles. The van der Waals surface area contributed by atoms with Gasteiger partial charge >= 0.3 is 5.97 Å². The van der Waals surface area contributed by atoms with Crippen molar-refractivity contribution in [3.05, 3.63) is 66.3 Å². The van der Waals surface area contributed by atoms with Crippen LogP contribution < -0.4 is 5.32 Å². The summed E-state index contributed by atoms with van der Waals surface area (Å²) >= 11 is 0. The predicted octanol–water partition coefficient (Wildman–Crippen LogP) is 3.26. The highest BCUT2D eigenvalue weighted by Crippen LogP contribution is 2.11. The zero-order valence-electron chi connectivity index (χ0n) is 11.5. The Kier molecular flexibility index (Phi) is 4.93. The van der Waals surface area contributed by atoms with E-state index in [0.29, 0.717) is 12.2 Å². The predicted molar refractivity (Wildman–Crippen MR) is 78.2 cm³/mol. The normalized spacial score (nSPS) is 10.5. The lowest BCUT2D eigenvalue weighted by atomic mass is 10.2. The number of rotatable bonds is 6. The Bertz CT molecular complexity index is 627. The summed E-state index contributed by atoms with van der Waals surface area (Å²) in [5, 5.41) is 2.94. The number of benzene rings is 1. The van der Waals surface area contributed by atoms with Gasteiger partial charge in [-0.2, -0.15) is 0 Å². The summed E-state index contributed by atoms with van der Waals surface area (Å²) in [5.74, 6) is -0.297. The molecule has 0 amide bonds. The number of allylic oxidation sites excluding steroid dienone is 1. The van der Waals surface area contributed by atoms with Gasteiger partial charge in [0.1, 0.15) is 0 Å². The number of ether oxygens (including phenoxy) is 1. The lowest BCUT2D eigenvalue weighted by molar-refractivity contribution is 0.0526. The summed E-state index contributed by atoms with van der Waals surface area (Å²) < 4.78 is 9.88. The zero-order valence-corrected chi connectivity index (χ0v) is 11.5. The van der Waals surface area contributed by atoms with Gasteiger partial charge in [0.25, 0.3) is 0 Å². The van der Waals surface area contributed by atoms with E-state index in [1.54, 1.807) is 43.3 Å². The van der Waals surface area contributed by atoms with E-state index in [1.165, 1.54) is 18.5 Å². The molecule has 5 heteroatoms. The largest absolute Gasteiger partial charge is 0.462 e. The molecular weight excluding hydrogens is 270 g/mol. The van der Waals surface area contributed by atoms with E-state index < -0.39 is 0 Å². The van der Waals surface area contributed by atoms with Crippen LogP contribution in [0.4, 0.5) is 5.69 Å². The third-order valence-electron chi connectivity index (χ3n) is 2.64. The van der Waals surface area contributed by atoms with Crippen LogP contribution in [0, 0.1) is 0 Å². The Balaban J connectivity index is 1.92. The molecule has 0 radical (unpaired) electrons. The van der Waals surface area contributed by atoms with E-state index in [9.17, 15) is 9.59 Å². The molecule has 2 rings (SSSR count). The summed E-state index contributed by atoms with van der Waals surface area (Å²) in [5.41, 5.74) is 1.24. The SMILES string of the molecule is CCOC(=O)c1ccc(NC=CC(=O)c2ccco2)cc1. The first-order chi connectivity index (χ1) is 10.2.